The average molecular weight is 316 g/mol. The van der Waals surface area contributed by atoms with Gasteiger partial charge in [0, 0.05) is 24.5 Å². The molecule has 2 aromatic rings. The Kier molecular flexibility index (Phi) is 4.46. The van der Waals surface area contributed by atoms with Crippen LogP contribution in [0.15, 0.2) is 17.5 Å². The van der Waals surface area contributed by atoms with E-state index in [1.54, 1.807) is 11.3 Å². The summed E-state index contributed by atoms with van der Waals surface area (Å²) in [5.74, 6) is 1.39. The number of rotatable bonds is 5. The lowest BCUT2D eigenvalue weighted by molar-refractivity contribution is -0.120. The monoisotopic (exact) mass is 316 g/mol. The van der Waals surface area contributed by atoms with E-state index < -0.39 is 0 Å². The molecule has 0 fully saturated rings. The summed E-state index contributed by atoms with van der Waals surface area (Å²) in [5, 5.41) is 21.6. The second kappa shape index (κ2) is 6.68. The highest BCUT2D eigenvalue weighted by Crippen LogP contribution is 2.17. The number of aromatic nitrogens is 3. The summed E-state index contributed by atoms with van der Waals surface area (Å²) in [4.78, 5) is 15.0. The fraction of sp³-hybridized carbons (Fsp3) is 0.429. The van der Waals surface area contributed by atoms with Gasteiger partial charge in [0.2, 0.25) is 5.91 Å². The van der Waals surface area contributed by atoms with E-state index >= 15 is 0 Å². The molecule has 1 amide bonds. The van der Waals surface area contributed by atoms with Crippen LogP contribution in [0.2, 0.25) is 0 Å². The zero-order valence-corrected chi connectivity index (χ0v) is 12.8. The molecule has 8 heteroatoms. The van der Waals surface area contributed by atoms with Crippen LogP contribution in [0.3, 0.4) is 0 Å². The first kappa shape index (κ1) is 14.7. The molecule has 0 atom stereocenters. The first-order chi connectivity index (χ1) is 10.8. The molecule has 2 aromatic heterocycles. The van der Waals surface area contributed by atoms with Crippen LogP contribution in [0.25, 0.3) is 0 Å². The van der Waals surface area contributed by atoms with Gasteiger partial charge in [0.25, 0.3) is 0 Å². The second-order valence-corrected chi connectivity index (χ2v) is 6.12. The van der Waals surface area contributed by atoms with Gasteiger partial charge in [0.1, 0.15) is 12.2 Å². The van der Waals surface area contributed by atoms with Crippen LogP contribution >= 0.6 is 11.3 Å². The molecule has 1 aliphatic rings. The molecule has 3 rings (SSSR count). The Labute approximate surface area is 132 Å². The number of amides is 1. The topological polar surface area (TPSA) is 86.8 Å². The highest BCUT2D eigenvalue weighted by atomic mass is 32.1. The summed E-state index contributed by atoms with van der Waals surface area (Å²) in [7, 11) is 0. The van der Waals surface area contributed by atoms with E-state index in [4.69, 9.17) is 5.26 Å². The quantitative estimate of drug-likeness (QED) is 0.885. The molecule has 1 N–H and O–H groups in total. The summed E-state index contributed by atoms with van der Waals surface area (Å²) in [6, 6.07) is 6.03. The Morgan fingerprint density at radius 2 is 2.36 bits per heavy atom. The number of hydrogen-bond acceptors (Lipinski definition) is 6. The third kappa shape index (κ3) is 3.32. The lowest BCUT2D eigenvalue weighted by Crippen LogP contribution is -2.34. The van der Waals surface area contributed by atoms with Crippen molar-refractivity contribution in [1.29, 1.82) is 5.26 Å². The van der Waals surface area contributed by atoms with Crippen LogP contribution in [0.4, 0.5) is 0 Å². The molecule has 0 bridgehead atoms. The Balaban J connectivity index is 1.60. The second-order valence-electron chi connectivity index (χ2n) is 5.09. The molecule has 0 unspecified atom stereocenters. The lowest BCUT2D eigenvalue weighted by atomic mass is 10.3. The van der Waals surface area contributed by atoms with E-state index in [0.717, 1.165) is 37.8 Å². The molecule has 114 valence electrons. The van der Waals surface area contributed by atoms with Crippen LogP contribution in [0, 0.1) is 11.3 Å². The molecule has 7 nitrogen and oxygen atoms in total. The average Bonchev–Trinajstić information content (AvgIpc) is 3.15. The van der Waals surface area contributed by atoms with Gasteiger partial charge in [-0.1, -0.05) is 6.07 Å². The number of thiophene rings is 1. The van der Waals surface area contributed by atoms with Crippen molar-refractivity contribution in [3.63, 3.8) is 0 Å². The van der Waals surface area contributed by atoms with Crippen molar-refractivity contribution in [3.05, 3.63) is 34.0 Å². The zero-order chi connectivity index (χ0) is 15.4. The third-order valence-electron chi connectivity index (χ3n) is 3.55. The van der Waals surface area contributed by atoms with Gasteiger partial charge >= 0.3 is 0 Å². The van der Waals surface area contributed by atoms with Gasteiger partial charge in [-0.2, -0.15) is 5.26 Å². The largest absolute Gasteiger partial charge is 0.348 e. The predicted molar refractivity (Wildman–Crippen MR) is 80.5 cm³/mol. The maximum absolute atomic E-state index is 11.3. The van der Waals surface area contributed by atoms with Crippen LogP contribution in [0.1, 0.15) is 22.9 Å². The van der Waals surface area contributed by atoms with Gasteiger partial charge < -0.3 is 9.88 Å². The molecule has 0 spiro atoms. The molecule has 0 aliphatic carbocycles. The van der Waals surface area contributed by atoms with Crippen molar-refractivity contribution in [2.24, 2.45) is 0 Å². The Morgan fingerprint density at radius 3 is 3.14 bits per heavy atom. The molecule has 3 heterocycles. The number of nitrogens with zero attached hydrogens (tertiary/aromatic N) is 5. The lowest BCUT2D eigenvalue weighted by Gasteiger charge is -2.27. The van der Waals surface area contributed by atoms with E-state index in [2.05, 4.69) is 42.5 Å². The number of carbonyl (C=O) groups excluding carboxylic acids is 1. The van der Waals surface area contributed by atoms with Gasteiger partial charge in [0.15, 0.2) is 5.82 Å². The van der Waals surface area contributed by atoms with Crippen molar-refractivity contribution in [3.8, 4) is 6.07 Å². The molecule has 1 aliphatic heterocycles. The van der Waals surface area contributed by atoms with E-state index in [1.165, 1.54) is 4.88 Å². The van der Waals surface area contributed by atoms with E-state index in [0.29, 0.717) is 6.54 Å². The minimum atomic E-state index is -0.282. The summed E-state index contributed by atoms with van der Waals surface area (Å²) < 4.78 is 2.05. The van der Waals surface area contributed by atoms with E-state index in [-0.39, 0.29) is 12.3 Å². The number of fused-ring (bicyclic) bond motifs is 1. The van der Waals surface area contributed by atoms with Crippen molar-refractivity contribution < 1.29 is 4.79 Å². The van der Waals surface area contributed by atoms with E-state index in [1.807, 2.05) is 6.07 Å². The highest BCUT2D eigenvalue weighted by Gasteiger charge is 2.21. The Morgan fingerprint density at radius 1 is 1.45 bits per heavy atom. The fourth-order valence-electron chi connectivity index (χ4n) is 2.47. The van der Waals surface area contributed by atoms with Gasteiger partial charge in [0.05, 0.1) is 19.2 Å². The summed E-state index contributed by atoms with van der Waals surface area (Å²) in [5.41, 5.74) is 0. The summed E-state index contributed by atoms with van der Waals surface area (Å²) in [6.07, 6.45) is -0.129. The number of carbonyl (C=O) groups is 1. The Hall–Kier alpha value is -2.24. The third-order valence-corrected chi connectivity index (χ3v) is 4.41. The standard InChI is InChI=1S/C14H16N6OS/c15-4-3-14(21)16-8-12-17-18-13-10-19(5-6-20(12)13)9-11-2-1-7-22-11/h1-2,7H,3,5-6,8-10H2,(H,16,21). The molecule has 0 saturated carbocycles. The van der Waals surface area contributed by atoms with Gasteiger partial charge in [-0.15, -0.1) is 21.5 Å². The predicted octanol–water partition coefficient (Wildman–Crippen LogP) is 0.885. The molecular formula is C14H16N6OS. The fourth-order valence-corrected chi connectivity index (χ4v) is 3.21. The van der Waals surface area contributed by atoms with Gasteiger partial charge in [-0.05, 0) is 11.4 Å². The molecular weight excluding hydrogens is 300 g/mol. The van der Waals surface area contributed by atoms with Gasteiger partial charge in [-0.25, -0.2) is 0 Å². The van der Waals surface area contributed by atoms with Gasteiger partial charge in [-0.3, -0.25) is 9.69 Å². The summed E-state index contributed by atoms with van der Waals surface area (Å²) >= 11 is 1.76. The van der Waals surface area contributed by atoms with Crippen molar-refractivity contribution in [1.82, 2.24) is 25.0 Å². The minimum absolute atomic E-state index is 0.129. The molecule has 0 saturated heterocycles. The first-order valence-electron chi connectivity index (χ1n) is 7.05. The van der Waals surface area contributed by atoms with Crippen LogP contribution in [0.5, 0.6) is 0 Å². The number of nitrogens with one attached hydrogen (secondary N) is 1. The zero-order valence-electron chi connectivity index (χ0n) is 12.0. The molecule has 0 radical (unpaired) electrons. The number of nitriles is 1. The molecule has 22 heavy (non-hydrogen) atoms. The SMILES string of the molecule is N#CCC(=O)NCc1nnc2n1CCN(Cc1cccs1)C2. The summed E-state index contributed by atoms with van der Waals surface area (Å²) in [6.45, 7) is 3.76. The van der Waals surface area contributed by atoms with E-state index in [9.17, 15) is 4.79 Å². The maximum Gasteiger partial charge on any atom is 0.234 e. The van der Waals surface area contributed by atoms with Crippen LogP contribution < -0.4 is 5.32 Å². The molecule has 0 aromatic carbocycles. The smallest absolute Gasteiger partial charge is 0.234 e. The first-order valence-corrected chi connectivity index (χ1v) is 7.93. The van der Waals surface area contributed by atoms with Crippen molar-refractivity contribution in [2.45, 2.75) is 32.6 Å². The Bertz CT molecular complexity index is 687. The van der Waals surface area contributed by atoms with Crippen LogP contribution in [-0.2, 0) is 31.0 Å². The highest BCUT2D eigenvalue weighted by molar-refractivity contribution is 7.09. The number of hydrogen-bond donors (Lipinski definition) is 1. The van der Waals surface area contributed by atoms with Crippen molar-refractivity contribution in [2.75, 3.05) is 6.54 Å². The van der Waals surface area contributed by atoms with Crippen LogP contribution in [-0.4, -0.2) is 32.1 Å². The normalized spacial score (nSPS) is 14.3. The minimum Gasteiger partial charge on any atom is -0.348 e. The van der Waals surface area contributed by atoms with Crippen molar-refractivity contribution >= 4 is 17.2 Å². The maximum atomic E-state index is 11.3.